The molecule has 23 heavy (non-hydrogen) atoms. The lowest BCUT2D eigenvalue weighted by Gasteiger charge is -2.05. The third kappa shape index (κ3) is 3.88. The van der Waals surface area contributed by atoms with Crippen molar-refractivity contribution < 1.29 is 8.42 Å². The van der Waals surface area contributed by atoms with Crippen LogP contribution in [0.25, 0.3) is 5.52 Å². The third-order valence-electron chi connectivity index (χ3n) is 3.37. The fourth-order valence-corrected chi connectivity index (χ4v) is 4.72. The molecule has 2 aromatic heterocycles. The Labute approximate surface area is 144 Å². The largest absolute Gasteiger partial charge is 0.295 e. The van der Waals surface area contributed by atoms with Gasteiger partial charge < -0.3 is 0 Å². The lowest BCUT2D eigenvalue weighted by Crippen LogP contribution is -2.07. The van der Waals surface area contributed by atoms with Crippen LogP contribution in [0.5, 0.6) is 0 Å². The summed E-state index contributed by atoms with van der Waals surface area (Å²) in [6.45, 7) is 0. The molecule has 1 aromatic carbocycles. The minimum atomic E-state index is -3.26. The monoisotopic (exact) mass is 366 g/mol. The molecule has 120 valence electrons. The minimum absolute atomic E-state index is 0.116. The molecule has 0 aliphatic heterocycles. The number of nitrogens with zero attached hydrogens (tertiary/aromatic N) is 2. The van der Waals surface area contributed by atoms with Crippen molar-refractivity contribution in [2.45, 2.75) is 16.5 Å². The molecule has 0 aliphatic rings. The number of pyridine rings is 1. The van der Waals surface area contributed by atoms with Crippen molar-refractivity contribution in [2.75, 3.05) is 11.5 Å². The van der Waals surface area contributed by atoms with Crippen LogP contribution in [-0.4, -0.2) is 29.3 Å². The Morgan fingerprint density at radius 2 is 1.91 bits per heavy atom. The number of imidazole rings is 1. The van der Waals surface area contributed by atoms with E-state index in [-0.39, 0.29) is 5.75 Å². The van der Waals surface area contributed by atoms with Crippen LogP contribution in [0, 0.1) is 0 Å². The van der Waals surface area contributed by atoms with Gasteiger partial charge in [0, 0.05) is 17.0 Å². The molecule has 3 rings (SSSR count). The first-order valence-electron chi connectivity index (χ1n) is 7.09. The lowest BCUT2D eigenvalue weighted by atomic mass is 10.4. The fraction of sp³-hybridized carbons (Fsp3) is 0.188. The van der Waals surface area contributed by atoms with E-state index in [0.29, 0.717) is 22.1 Å². The maximum absolute atomic E-state index is 12.2. The highest BCUT2D eigenvalue weighted by molar-refractivity contribution is 7.99. The number of rotatable bonds is 6. The molecule has 0 saturated heterocycles. The predicted molar refractivity (Wildman–Crippen MR) is 94.0 cm³/mol. The summed E-state index contributed by atoms with van der Waals surface area (Å²) in [7, 11) is -3.26. The molecule has 0 radical (unpaired) electrons. The van der Waals surface area contributed by atoms with Crippen molar-refractivity contribution >= 4 is 38.7 Å². The zero-order valence-corrected chi connectivity index (χ0v) is 14.6. The van der Waals surface area contributed by atoms with Crippen LogP contribution >= 0.6 is 23.4 Å². The van der Waals surface area contributed by atoms with Crippen LogP contribution in [0.2, 0.25) is 5.02 Å². The van der Waals surface area contributed by atoms with Gasteiger partial charge in [0.15, 0.2) is 15.0 Å². The standard InChI is InChI=1S/C16H15ClN2O2S2/c17-13-5-7-15(8-6-13)23(20,21)11-3-10-22-16-18-12-14-4-1-2-9-19(14)16/h1-2,4-9,12H,3,10-11H2. The molecule has 0 fully saturated rings. The smallest absolute Gasteiger partial charge is 0.178 e. The normalized spacial score (nSPS) is 11.9. The van der Waals surface area contributed by atoms with Gasteiger partial charge in [-0.1, -0.05) is 29.4 Å². The molecule has 3 aromatic rings. The number of sulfone groups is 1. The van der Waals surface area contributed by atoms with E-state index in [1.807, 2.05) is 35.0 Å². The van der Waals surface area contributed by atoms with E-state index in [0.717, 1.165) is 10.7 Å². The van der Waals surface area contributed by atoms with Crippen molar-refractivity contribution in [1.29, 1.82) is 0 Å². The summed E-state index contributed by atoms with van der Waals surface area (Å²) in [6.07, 6.45) is 4.33. The number of fused-ring (bicyclic) bond motifs is 1. The topological polar surface area (TPSA) is 51.4 Å². The first-order valence-corrected chi connectivity index (χ1v) is 10.1. The Morgan fingerprint density at radius 3 is 2.70 bits per heavy atom. The van der Waals surface area contributed by atoms with Crippen LogP contribution in [0.1, 0.15) is 6.42 Å². The molecule has 7 heteroatoms. The number of hydrogen-bond donors (Lipinski definition) is 0. The van der Waals surface area contributed by atoms with Crippen molar-refractivity contribution in [1.82, 2.24) is 9.38 Å². The number of halogens is 1. The van der Waals surface area contributed by atoms with E-state index < -0.39 is 9.84 Å². The van der Waals surface area contributed by atoms with E-state index in [4.69, 9.17) is 11.6 Å². The van der Waals surface area contributed by atoms with Crippen molar-refractivity contribution in [3.8, 4) is 0 Å². The van der Waals surface area contributed by atoms with E-state index >= 15 is 0 Å². The maximum atomic E-state index is 12.2. The summed E-state index contributed by atoms with van der Waals surface area (Å²) in [6, 6.07) is 12.2. The molecule has 0 aliphatic carbocycles. The number of aromatic nitrogens is 2. The summed E-state index contributed by atoms with van der Waals surface area (Å²) in [4.78, 5) is 4.68. The number of thioether (sulfide) groups is 1. The molecule has 0 bridgehead atoms. The fourth-order valence-electron chi connectivity index (χ4n) is 2.20. The van der Waals surface area contributed by atoms with Gasteiger partial charge in [-0.25, -0.2) is 13.4 Å². The van der Waals surface area contributed by atoms with Crippen LogP contribution in [-0.2, 0) is 9.84 Å². The molecule has 4 nitrogen and oxygen atoms in total. The Morgan fingerprint density at radius 1 is 1.13 bits per heavy atom. The zero-order valence-electron chi connectivity index (χ0n) is 12.2. The average molecular weight is 367 g/mol. The summed E-state index contributed by atoms with van der Waals surface area (Å²) in [5, 5.41) is 1.41. The van der Waals surface area contributed by atoms with Crippen LogP contribution in [0.4, 0.5) is 0 Å². The van der Waals surface area contributed by atoms with E-state index in [1.54, 1.807) is 36.0 Å². The quantitative estimate of drug-likeness (QED) is 0.489. The van der Waals surface area contributed by atoms with Crippen LogP contribution in [0.15, 0.2) is 64.9 Å². The third-order valence-corrected chi connectivity index (χ3v) is 6.49. The van der Waals surface area contributed by atoms with Gasteiger partial charge in [0.25, 0.3) is 0 Å². The number of benzene rings is 1. The van der Waals surface area contributed by atoms with Crippen molar-refractivity contribution in [3.63, 3.8) is 0 Å². The van der Waals surface area contributed by atoms with Gasteiger partial charge in [-0.3, -0.25) is 4.40 Å². The Bertz CT molecular complexity index is 905. The molecule has 0 atom stereocenters. The predicted octanol–water partition coefficient (Wildman–Crippen LogP) is 3.94. The average Bonchev–Trinajstić information content (AvgIpc) is 2.95. The molecule has 0 saturated carbocycles. The maximum Gasteiger partial charge on any atom is 0.178 e. The van der Waals surface area contributed by atoms with Crippen LogP contribution < -0.4 is 0 Å². The Kier molecular flexibility index (Phi) is 4.94. The molecular weight excluding hydrogens is 352 g/mol. The summed E-state index contributed by atoms with van der Waals surface area (Å²) in [5.41, 5.74) is 1.03. The van der Waals surface area contributed by atoms with Crippen molar-refractivity contribution in [2.24, 2.45) is 0 Å². The molecule has 0 unspecified atom stereocenters. The SMILES string of the molecule is O=S(=O)(CCCSc1ncc2ccccn12)c1ccc(Cl)cc1. The lowest BCUT2D eigenvalue weighted by molar-refractivity contribution is 0.595. The summed E-state index contributed by atoms with van der Waals surface area (Å²) >= 11 is 7.35. The van der Waals surface area contributed by atoms with Crippen LogP contribution in [0.3, 0.4) is 0 Å². The van der Waals surface area contributed by atoms with Gasteiger partial charge in [0.05, 0.1) is 22.4 Å². The van der Waals surface area contributed by atoms with Gasteiger partial charge in [-0.15, -0.1) is 0 Å². The molecular formula is C16H15ClN2O2S2. The molecule has 0 N–H and O–H groups in total. The highest BCUT2D eigenvalue weighted by atomic mass is 35.5. The Balaban J connectivity index is 1.58. The van der Waals surface area contributed by atoms with Gasteiger partial charge in [0.1, 0.15) is 0 Å². The molecule has 0 amide bonds. The zero-order chi connectivity index (χ0) is 16.3. The highest BCUT2D eigenvalue weighted by Gasteiger charge is 2.14. The molecule has 2 heterocycles. The second-order valence-corrected chi connectivity index (χ2v) is 8.62. The van der Waals surface area contributed by atoms with E-state index in [1.165, 1.54) is 0 Å². The molecule has 0 spiro atoms. The first kappa shape index (κ1) is 16.4. The van der Waals surface area contributed by atoms with Gasteiger partial charge in [0.2, 0.25) is 0 Å². The minimum Gasteiger partial charge on any atom is -0.295 e. The summed E-state index contributed by atoms with van der Waals surface area (Å²) in [5.74, 6) is 0.811. The second kappa shape index (κ2) is 6.95. The summed E-state index contributed by atoms with van der Waals surface area (Å²) < 4.78 is 26.5. The van der Waals surface area contributed by atoms with E-state index in [2.05, 4.69) is 4.98 Å². The highest BCUT2D eigenvalue weighted by Crippen LogP contribution is 2.21. The van der Waals surface area contributed by atoms with E-state index in [9.17, 15) is 8.42 Å². The number of hydrogen-bond acceptors (Lipinski definition) is 4. The van der Waals surface area contributed by atoms with Gasteiger partial charge in [-0.05, 0) is 42.8 Å². The van der Waals surface area contributed by atoms with Gasteiger partial charge in [-0.2, -0.15) is 0 Å². The van der Waals surface area contributed by atoms with Gasteiger partial charge >= 0.3 is 0 Å². The second-order valence-electron chi connectivity index (χ2n) is 5.01. The Hall–Kier alpha value is -1.50. The first-order chi connectivity index (χ1) is 11.1. The van der Waals surface area contributed by atoms with Crippen molar-refractivity contribution in [3.05, 3.63) is 59.9 Å².